The van der Waals surface area contributed by atoms with Crippen LogP contribution in [0.1, 0.15) is 16.1 Å². The number of aromatic nitrogens is 1. The summed E-state index contributed by atoms with van der Waals surface area (Å²) in [4.78, 5) is 13.6. The minimum absolute atomic E-state index is 0.126. The van der Waals surface area contributed by atoms with Crippen molar-refractivity contribution in [2.24, 2.45) is 0 Å². The normalized spacial score (nSPS) is 10.8. The van der Waals surface area contributed by atoms with Gasteiger partial charge in [-0.15, -0.1) is 11.8 Å². The Hall–Kier alpha value is -2.80. The van der Waals surface area contributed by atoms with E-state index in [1.807, 2.05) is 36.4 Å². The molecule has 4 nitrogen and oxygen atoms in total. The summed E-state index contributed by atoms with van der Waals surface area (Å²) in [7, 11) is 0. The molecule has 8 heteroatoms. The van der Waals surface area contributed by atoms with Crippen molar-refractivity contribution in [1.82, 2.24) is 5.16 Å². The molecule has 0 aliphatic rings. The number of benzene rings is 3. The Labute approximate surface area is 192 Å². The van der Waals surface area contributed by atoms with Crippen LogP contribution in [0, 0.1) is 5.82 Å². The van der Waals surface area contributed by atoms with E-state index in [-0.39, 0.29) is 11.5 Å². The summed E-state index contributed by atoms with van der Waals surface area (Å²) >= 11 is 13.7. The van der Waals surface area contributed by atoms with Crippen LogP contribution in [-0.2, 0) is 5.75 Å². The summed E-state index contributed by atoms with van der Waals surface area (Å²) in [5, 5.41) is 7.86. The van der Waals surface area contributed by atoms with Gasteiger partial charge in [0.2, 0.25) is 0 Å². The lowest BCUT2D eigenvalue weighted by molar-refractivity contribution is 0.101. The average Bonchev–Trinajstić information content (AvgIpc) is 3.23. The number of anilines is 1. The van der Waals surface area contributed by atoms with Gasteiger partial charge in [0.1, 0.15) is 5.82 Å². The molecule has 156 valence electrons. The van der Waals surface area contributed by atoms with Crippen molar-refractivity contribution in [2.45, 2.75) is 10.6 Å². The van der Waals surface area contributed by atoms with Crippen molar-refractivity contribution in [1.29, 1.82) is 0 Å². The zero-order valence-electron chi connectivity index (χ0n) is 15.9. The number of carbonyl (C=O) groups excluding carboxylic acids is 1. The van der Waals surface area contributed by atoms with Crippen LogP contribution in [0.2, 0.25) is 10.0 Å². The summed E-state index contributed by atoms with van der Waals surface area (Å²) < 4.78 is 18.3. The lowest BCUT2D eigenvalue weighted by Gasteiger charge is -2.10. The summed E-state index contributed by atoms with van der Waals surface area (Å²) in [6.07, 6.45) is 0. The highest BCUT2D eigenvalue weighted by Gasteiger charge is 2.15. The molecule has 0 unspecified atom stereocenters. The van der Waals surface area contributed by atoms with Gasteiger partial charge in [0.05, 0.1) is 5.69 Å². The van der Waals surface area contributed by atoms with E-state index >= 15 is 0 Å². The van der Waals surface area contributed by atoms with Crippen LogP contribution in [0.5, 0.6) is 0 Å². The van der Waals surface area contributed by atoms with Gasteiger partial charge >= 0.3 is 0 Å². The fraction of sp³-hybridized carbons (Fsp3) is 0.0435. The third kappa shape index (κ3) is 5.47. The molecular formula is C23H15Cl2FN2O2S. The first kappa shape index (κ1) is 21.4. The number of hydrogen-bond acceptors (Lipinski definition) is 4. The minimum atomic E-state index is -0.407. The van der Waals surface area contributed by atoms with Crippen LogP contribution in [-0.4, -0.2) is 11.1 Å². The number of nitrogens with zero attached hydrogens (tertiary/aromatic N) is 1. The highest BCUT2D eigenvalue weighted by molar-refractivity contribution is 7.98. The highest BCUT2D eigenvalue weighted by Crippen LogP contribution is 2.32. The topological polar surface area (TPSA) is 55.1 Å². The first-order chi connectivity index (χ1) is 15.0. The molecule has 1 amide bonds. The van der Waals surface area contributed by atoms with Gasteiger partial charge in [0, 0.05) is 32.3 Å². The average molecular weight is 473 g/mol. The van der Waals surface area contributed by atoms with E-state index in [1.54, 1.807) is 30.0 Å². The number of nitrogens with one attached hydrogen (secondary N) is 1. The molecule has 0 bridgehead atoms. The third-order valence-corrected chi connectivity index (χ3v) is 5.90. The van der Waals surface area contributed by atoms with Gasteiger partial charge in [-0.25, -0.2) is 4.39 Å². The number of carbonyl (C=O) groups is 1. The van der Waals surface area contributed by atoms with Crippen LogP contribution in [0.25, 0.3) is 11.3 Å². The molecular weight excluding hydrogens is 458 g/mol. The molecule has 1 heterocycles. The smallest absolute Gasteiger partial charge is 0.277 e. The zero-order valence-corrected chi connectivity index (χ0v) is 18.3. The van der Waals surface area contributed by atoms with E-state index in [9.17, 15) is 9.18 Å². The first-order valence-corrected chi connectivity index (χ1v) is 10.9. The molecule has 0 spiro atoms. The van der Waals surface area contributed by atoms with Gasteiger partial charge in [-0.05, 0) is 60.2 Å². The maximum absolute atomic E-state index is 13.1. The summed E-state index contributed by atoms with van der Waals surface area (Å²) in [6.45, 7) is 0. The zero-order chi connectivity index (χ0) is 21.8. The Morgan fingerprint density at radius 1 is 1.00 bits per heavy atom. The molecule has 0 aliphatic carbocycles. The molecule has 0 fully saturated rings. The van der Waals surface area contributed by atoms with Crippen LogP contribution in [0.3, 0.4) is 0 Å². The van der Waals surface area contributed by atoms with Crippen LogP contribution < -0.4 is 5.32 Å². The SMILES string of the molecule is O=C(Nc1ccccc1SCc1cc(Cl)cc(Cl)c1)c1cc(-c2ccc(F)cc2)on1. The second-order valence-electron chi connectivity index (χ2n) is 6.60. The second kappa shape index (κ2) is 9.56. The summed E-state index contributed by atoms with van der Waals surface area (Å²) in [5.74, 6) is 0.253. The van der Waals surface area contributed by atoms with Crippen molar-refractivity contribution < 1.29 is 13.7 Å². The number of para-hydroxylation sites is 1. The highest BCUT2D eigenvalue weighted by atomic mass is 35.5. The van der Waals surface area contributed by atoms with Crippen LogP contribution in [0.15, 0.2) is 82.2 Å². The van der Waals surface area contributed by atoms with Gasteiger partial charge in [-0.2, -0.15) is 0 Å². The molecule has 0 radical (unpaired) electrons. The van der Waals surface area contributed by atoms with Crippen LogP contribution in [0.4, 0.5) is 10.1 Å². The molecule has 1 aromatic heterocycles. The van der Waals surface area contributed by atoms with Gasteiger partial charge in [0.15, 0.2) is 11.5 Å². The van der Waals surface area contributed by atoms with Gasteiger partial charge in [-0.1, -0.05) is 40.5 Å². The predicted octanol–water partition coefficient (Wildman–Crippen LogP) is 7.33. The first-order valence-electron chi connectivity index (χ1n) is 9.19. The van der Waals surface area contributed by atoms with E-state index in [1.165, 1.54) is 18.2 Å². The molecule has 0 saturated carbocycles. The maximum atomic E-state index is 13.1. The molecule has 1 N–H and O–H groups in total. The molecule has 31 heavy (non-hydrogen) atoms. The van der Waals surface area contributed by atoms with E-state index in [4.69, 9.17) is 27.7 Å². The summed E-state index contributed by atoms with van der Waals surface area (Å²) in [6, 6.07) is 20.1. The Morgan fingerprint density at radius 3 is 2.45 bits per heavy atom. The third-order valence-electron chi connectivity index (χ3n) is 4.32. The maximum Gasteiger partial charge on any atom is 0.277 e. The van der Waals surface area contributed by atoms with Crippen molar-refractivity contribution >= 4 is 46.6 Å². The molecule has 4 aromatic rings. The quantitative estimate of drug-likeness (QED) is 0.298. The lowest BCUT2D eigenvalue weighted by Crippen LogP contribution is -2.12. The van der Waals surface area contributed by atoms with E-state index in [0.29, 0.717) is 32.8 Å². The molecule has 4 rings (SSSR count). The summed E-state index contributed by atoms with van der Waals surface area (Å²) in [5.41, 5.74) is 2.38. The van der Waals surface area contributed by atoms with E-state index in [0.717, 1.165) is 10.5 Å². The number of hydrogen-bond donors (Lipinski definition) is 1. The Kier molecular flexibility index (Phi) is 6.61. The van der Waals surface area contributed by atoms with Crippen molar-refractivity contribution in [3.63, 3.8) is 0 Å². The molecule has 3 aromatic carbocycles. The van der Waals surface area contributed by atoms with Crippen molar-refractivity contribution in [3.05, 3.63) is 99.9 Å². The Morgan fingerprint density at radius 2 is 1.71 bits per heavy atom. The fourth-order valence-corrected chi connectivity index (χ4v) is 4.38. The molecule has 0 atom stereocenters. The minimum Gasteiger partial charge on any atom is -0.355 e. The van der Waals surface area contributed by atoms with Crippen molar-refractivity contribution in [2.75, 3.05) is 5.32 Å². The monoisotopic (exact) mass is 472 g/mol. The standard InChI is InChI=1S/C23H15Cl2FN2O2S/c24-16-9-14(10-17(25)11-16)13-31-22-4-2-1-3-19(22)27-23(29)20-12-21(30-28-20)15-5-7-18(26)8-6-15/h1-12H,13H2,(H,27,29). The number of rotatable bonds is 6. The molecule has 0 saturated heterocycles. The number of amides is 1. The van der Waals surface area contributed by atoms with Gasteiger partial charge in [-0.3, -0.25) is 4.79 Å². The molecule has 0 aliphatic heterocycles. The van der Waals surface area contributed by atoms with E-state index < -0.39 is 5.91 Å². The van der Waals surface area contributed by atoms with Gasteiger partial charge < -0.3 is 9.84 Å². The largest absolute Gasteiger partial charge is 0.355 e. The van der Waals surface area contributed by atoms with E-state index in [2.05, 4.69) is 10.5 Å². The van der Waals surface area contributed by atoms with Crippen LogP contribution >= 0.6 is 35.0 Å². The van der Waals surface area contributed by atoms with Crippen molar-refractivity contribution in [3.8, 4) is 11.3 Å². The Balaban J connectivity index is 1.47. The Bertz CT molecular complexity index is 1210. The second-order valence-corrected chi connectivity index (χ2v) is 8.49. The lowest BCUT2D eigenvalue weighted by atomic mass is 10.1. The number of halogens is 3. The van der Waals surface area contributed by atoms with Gasteiger partial charge in [0.25, 0.3) is 5.91 Å². The number of thioether (sulfide) groups is 1. The predicted molar refractivity (Wildman–Crippen MR) is 122 cm³/mol. The fourth-order valence-electron chi connectivity index (χ4n) is 2.87.